The van der Waals surface area contributed by atoms with Gasteiger partial charge in [-0.15, -0.1) is 0 Å². The van der Waals surface area contributed by atoms with Crippen LogP contribution in [-0.4, -0.2) is 42.1 Å². The molecule has 0 unspecified atom stereocenters. The Morgan fingerprint density at radius 1 is 1.08 bits per heavy atom. The fourth-order valence-corrected chi connectivity index (χ4v) is 1.67. The number of rotatable bonds is 7. The van der Waals surface area contributed by atoms with Gasteiger partial charge in [-0.1, -0.05) is 0 Å². The number of hydrogen-bond acceptors (Lipinski definition) is 8. The van der Waals surface area contributed by atoms with Gasteiger partial charge >= 0.3 is 17.9 Å². The van der Waals surface area contributed by atoms with Crippen molar-refractivity contribution < 1.29 is 33.5 Å². The first kappa shape index (κ1) is 19.1. The highest BCUT2D eigenvalue weighted by Crippen LogP contribution is 2.19. The summed E-state index contributed by atoms with van der Waals surface area (Å²) in [6.07, 6.45) is -0.371. The first-order valence-electron chi connectivity index (χ1n) is 7.07. The van der Waals surface area contributed by atoms with E-state index >= 15 is 0 Å². The van der Waals surface area contributed by atoms with Crippen LogP contribution >= 0.6 is 0 Å². The minimum atomic E-state index is -0.995. The predicted octanol–water partition coefficient (Wildman–Crippen LogP) is 1.88. The highest BCUT2D eigenvalue weighted by Gasteiger charge is 2.20. The van der Waals surface area contributed by atoms with Gasteiger partial charge in [0.2, 0.25) is 0 Å². The van der Waals surface area contributed by atoms with Gasteiger partial charge in [0.25, 0.3) is 5.69 Å². The van der Waals surface area contributed by atoms with Gasteiger partial charge in [0.05, 0.1) is 28.8 Å². The third-order valence-electron chi connectivity index (χ3n) is 2.56. The van der Waals surface area contributed by atoms with Crippen molar-refractivity contribution in [3.05, 3.63) is 39.4 Å². The quantitative estimate of drug-likeness (QED) is 0.319. The molecular formula is C15H17NO8. The molecule has 9 nitrogen and oxygen atoms in total. The number of carbonyl (C=O) groups is 3. The summed E-state index contributed by atoms with van der Waals surface area (Å²) in [5, 5.41) is 10.9. The molecule has 0 aromatic heterocycles. The minimum Gasteiger partial charge on any atom is -0.462 e. The standard InChI is InChI=1S/C15H17NO8/c1-4-22-14(18)10-5-11(7-12(6-10)16(20)21)15(19)23-8-13(17)24-9(2)3/h5-7,9H,4,8H2,1-3H3. The number of benzene rings is 1. The topological polar surface area (TPSA) is 122 Å². The second kappa shape index (κ2) is 8.61. The smallest absolute Gasteiger partial charge is 0.344 e. The lowest BCUT2D eigenvalue weighted by Crippen LogP contribution is -2.20. The second-order valence-electron chi connectivity index (χ2n) is 4.86. The number of nitro benzene ring substituents is 1. The Hall–Kier alpha value is -2.97. The molecule has 24 heavy (non-hydrogen) atoms. The molecule has 1 rings (SSSR count). The number of esters is 3. The zero-order valence-electron chi connectivity index (χ0n) is 13.4. The maximum absolute atomic E-state index is 11.9. The lowest BCUT2D eigenvalue weighted by Gasteiger charge is -2.09. The normalized spacial score (nSPS) is 10.2. The minimum absolute atomic E-state index is 0.0718. The van der Waals surface area contributed by atoms with Crippen LogP contribution in [0.25, 0.3) is 0 Å². The number of nitro groups is 1. The highest BCUT2D eigenvalue weighted by atomic mass is 16.6. The molecule has 0 aliphatic heterocycles. The van der Waals surface area contributed by atoms with Crippen molar-refractivity contribution in [2.45, 2.75) is 26.9 Å². The molecule has 0 heterocycles. The van der Waals surface area contributed by atoms with Gasteiger partial charge in [-0.05, 0) is 26.8 Å². The maximum Gasteiger partial charge on any atom is 0.344 e. The Morgan fingerprint density at radius 2 is 1.62 bits per heavy atom. The molecule has 0 saturated carbocycles. The number of carbonyl (C=O) groups excluding carboxylic acids is 3. The third kappa shape index (κ3) is 5.67. The summed E-state index contributed by atoms with van der Waals surface area (Å²) in [4.78, 5) is 45.2. The van der Waals surface area contributed by atoms with E-state index in [9.17, 15) is 24.5 Å². The summed E-state index contributed by atoms with van der Waals surface area (Å²) in [6, 6.07) is 3.03. The first-order valence-corrected chi connectivity index (χ1v) is 7.07. The molecule has 0 aliphatic carbocycles. The summed E-state index contributed by atoms with van der Waals surface area (Å²) < 4.78 is 14.3. The summed E-state index contributed by atoms with van der Waals surface area (Å²) in [7, 11) is 0. The molecule has 0 saturated heterocycles. The Bertz CT molecular complexity index is 653. The third-order valence-corrected chi connectivity index (χ3v) is 2.56. The summed E-state index contributed by atoms with van der Waals surface area (Å²) in [6.45, 7) is 4.26. The molecular weight excluding hydrogens is 322 g/mol. The molecule has 0 spiro atoms. The van der Waals surface area contributed by atoms with E-state index in [-0.39, 0.29) is 23.8 Å². The van der Waals surface area contributed by atoms with E-state index < -0.39 is 35.1 Å². The lowest BCUT2D eigenvalue weighted by atomic mass is 10.1. The fourth-order valence-electron chi connectivity index (χ4n) is 1.67. The first-order chi connectivity index (χ1) is 11.2. The molecule has 9 heteroatoms. The van der Waals surface area contributed by atoms with E-state index in [0.717, 1.165) is 18.2 Å². The molecule has 0 bridgehead atoms. The van der Waals surface area contributed by atoms with Gasteiger partial charge in [-0.3, -0.25) is 10.1 Å². The molecule has 0 N–H and O–H groups in total. The Kier molecular flexibility index (Phi) is 6.84. The molecule has 0 fully saturated rings. The number of hydrogen-bond donors (Lipinski definition) is 0. The highest BCUT2D eigenvalue weighted by molar-refractivity contribution is 5.97. The SMILES string of the molecule is CCOC(=O)c1cc(C(=O)OCC(=O)OC(C)C)cc([N+](=O)[O-])c1. The molecule has 130 valence electrons. The van der Waals surface area contributed by atoms with E-state index in [4.69, 9.17) is 14.2 Å². The molecule has 0 radical (unpaired) electrons. The van der Waals surface area contributed by atoms with E-state index in [1.54, 1.807) is 20.8 Å². The average Bonchev–Trinajstić information content (AvgIpc) is 2.51. The van der Waals surface area contributed by atoms with Gasteiger partial charge in [0.15, 0.2) is 6.61 Å². The molecule has 0 atom stereocenters. The van der Waals surface area contributed by atoms with Gasteiger partial charge in [0.1, 0.15) is 0 Å². The van der Waals surface area contributed by atoms with Crippen LogP contribution in [0.5, 0.6) is 0 Å². The second-order valence-corrected chi connectivity index (χ2v) is 4.86. The van der Waals surface area contributed by atoms with E-state index in [1.807, 2.05) is 0 Å². The van der Waals surface area contributed by atoms with E-state index in [2.05, 4.69) is 0 Å². The summed E-state index contributed by atoms with van der Waals surface area (Å²) in [5.41, 5.74) is -0.885. The van der Waals surface area contributed by atoms with Gasteiger partial charge in [-0.2, -0.15) is 0 Å². The summed E-state index contributed by atoms with van der Waals surface area (Å²) in [5.74, 6) is -2.56. The maximum atomic E-state index is 11.9. The summed E-state index contributed by atoms with van der Waals surface area (Å²) >= 11 is 0. The fraction of sp³-hybridized carbons (Fsp3) is 0.400. The molecule has 1 aromatic carbocycles. The van der Waals surface area contributed by atoms with Crippen molar-refractivity contribution in [2.75, 3.05) is 13.2 Å². The zero-order valence-corrected chi connectivity index (χ0v) is 13.4. The van der Waals surface area contributed by atoms with Crippen LogP contribution in [0.2, 0.25) is 0 Å². The Morgan fingerprint density at radius 3 is 2.08 bits per heavy atom. The van der Waals surface area contributed by atoms with Crippen molar-refractivity contribution in [3.8, 4) is 0 Å². The van der Waals surface area contributed by atoms with E-state index in [1.165, 1.54) is 0 Å². The number of nitrogens with zero attached hydrogens (tertiary/aromatic N) is 1. The van der Waals surface area contributed by atoms with Gasteiger partial charge < -0.3 is 14.2 Å². The largest absolute Gasteiger partial charge is 0.462 e. The Labute approximate surface area is 137 Å². The van der Waals surface area contributed by atoms with Gasteiger partial charge in [0, 0.05) is 12.1 Å². The predicted molar refractivity (Wildman–Crippen MR) is 80.6 cm³/mol. The van der Waals surface area contributed by atoms with Crippen LogP contribution in [0.15, 0.2) is 18.2 Å². The van der Waals surface area contributed by atoms with Crippen LogP contribution in [0.4, 0.5) is 5.69 Å². The van der Waals surface area contributed by atoms with Crippen LogP contribution in [0.1, 0.15) is 41.5 Å². The van der Waals surface area contributed by atoms with Crippen LogP contribution in [-0.2, 0) is 19.0 Å². The zero-order chi connectivity index (χ0) is 18.3. The van der Waals surface area contributed by atoms with Crippen molar-refractivity contribution in [3.63, 3.8) is 0 Å². The van der Waals surface area contributed by atoms with Crippen LogP contribution in [0.3, 0.4) is 0 Å². The van der Waals surface area contributed by atoms with E-state index in [0.29, 0.717) is 0 Å². The van der Waals surface area contributed by atoms with Gasteiger partial charge in [-0.25, -0.2) is 14.4 Å². The van der Waals surface area contributed by atoms with Crippen molar-refractivity contribution in [2.24, 2.45) is 0 Å². The number of non-ortho nitro benzene ring substituents is 1. The van der Waals surface area contributed by atoms with Crippen LogP contribution < -0.4 is 0 Å². The van der Waals surface area contributed by atoms with Crippen molar-refractivity contribution >= 4 is 23.6 Å². The monoisotopic (exact) mass is 339 g/mol. The Balaban J connectivity index is 2.96. The molecule has 0 aliphatic rings. The molecule has 0 amide bonds. The average molecular weight is 339 g/mol. The molecule has 1 aromatic rings. The number of ether oxygens (including phenoxy) is 3. The lowest BCUT2D eigenvalue weighted by molar-refractivity contribution is -0.384. The van der Waals surface area contributed by atoms with Crippen LogP contribution in [0, 0.1) is 10.1 Å². The van der Waals surface area contributed by atoms with Crippen molar-refractivity contribution in [1.82, 2.24) is 0 Å². The van der Waals surface area contributed by atoms with Crippen molar-refractivity contribution in [1.29, 1.82) is 0 Å².